The topological polar surface area (TPSA) is 35.8 Å². The molecule has 0 aliphatic carbocycles. The van der Waals surface area contributed by atoms with Crippen molar-refractivity contribution >= 4 is 0 Å². The van der Waals surface area contributed by atoms with Crippen molar-refractivity contribution < 1.29 is 0 Å². The van der Waals surface area contributed by atoms with Crippen molar-refractivity contribution in [2.75, 3.05) is 6.54 Å². The summed E-state index contributed by atoms with van der Waals surface area (Å²) >= 11 is 0. The predicted molar refractivity (Wildman–Crippen MR) is 65.3 cm³/mol. The van der Waals surface area contributed by atoms with Crippen molar-refractivity contribution in [2.45, 2.75) is 39.2 Å². The first-order valence-corrected chi connectivity index (χ1v) is 5.90. The quantitative estimate of drug-likeness (QED) is 0.779. The molecular weight excluding hydrogens is 196 g/mol. The van der Waals surface area contributed by atoms with Crippen LogP contribution < -0.4 is 5.32 Å². The van der Waals surface area contributed by atoms with Gasteiger partial charge >= 0.3 is 0 Å². The van der Waals surface area contributed by atoms with Crippen molar-refractivity contribution in [2.24, 2.45) is 0 Å². The maximum absolute atomic E-state index is 9.27. The largest absolute Gasteiger partial charge is 0.307 e. The summed E-state index contributed by atoms with van der Waals surface area (Å²) in [6.45, 7) is 7.43. The van der Waals surface area contributed by atoms with Crippen molar-refractivity contribution in [1.29, 1.82) is 5.26 Å². The van der Waals surface area contributed by atoms with E-state index in [1.807, 2.05) is 6.07 Å². The zero-order chi connectivity index (χ0) is 11.8. The molecule has 2 rings (SSSR count). The van der Waals surface area contributed by atoms with Gasteiger partial charge in [-0.1, -0.05) is 13.0 Å². The van der Waals surface area contributed by atoms with Crippen molar-refractivity contribution in [3.8, 4) is 6.07 Å². The van der Waals surface area contributed by atoms with Crippen LogP contribution in [0.3, 0.4) is 0 Å². The van der Waals surface area contributed by atoms with Crippen LogP contribution >= 0.6 is 0 Å². The molecule has 1 aromatic rings. The molecule has 1 aromatic carbocycles. The van der Waals surface area contributed by atoms with Crippen LogP contribution in [-0.2, 0) is 18.4 Å². The van der Waals surface area contributed by atoms with Gasteiger partial charge in [0.25, 0.3) is 0 Å². The number of nitriles is 1. The number of rotatable bonds is 1. The minimum absolute atomic E-state index is 0.0785. The Morgan fingerprint density at radius 3 is 2.81 bits per heavy atom. The molecule has 0 saturated carbocycles. The predicted octanol–water partition coefficient (Wildman–Crippen LogP) is 2.50. The molecule has 0 saturated heterocycles. The lowest BCUT2D eigenvalue weighted by molar-refractivity contribution is 0.381. The summed E-state index contributed by atoms with van der Waals surface area (Å²) < 4.78 is 0. The molecule has 1 heterocycles. The highest BCUT2D eigenvalue weighted by atomic mass is 15.0. The lowest BCUT2D eigenvalue weighted by Gasteiger charge is -2.35. The highest BCUT2D eigenvalue weighted by Gasteiger charge is 2.29. The smallest absolute Gasteiger partial charge is 0.0995 e. The zero-order valence-corrected chi connectivity index (χ0v) is 10.2. The SMILES string of the molecule is CCc1cc(C#N)c2c(c1)CCNC2(C)C. The molecule has 1 aliphatic heterocycles. The van der Waals surface area contributed by atoms with E-state index in [1.54, 1.807) is 0 Å². The summed E-state index contributed by atoms with van der Waals surface area (Å²) in [4.78, 5) is 0. The second-order valence-corrected chi connectivity index (χ2v) is 4.94. The number of hydrogen-bond acceptors (Lipinski definition) is 2. The minimum Gasteiger partial charge on any atom is -0.307 e. The van der Waals surface area contributed by atoms with Gasteiger partial charge in [-0.05, 0) is 56.0 Å². The van der Waals surface area contributed by atoms with Gasteiger partial charge in [0.15, 0.2) is 0 Å². The highest BCUT2D eigenvalue weighted by molar-refractivity contribution is 5.50. The molecule has 84 valence electrons. The van der Waals surface area contributed by atoms with Crippen LogP contribution in [0.15, 0.2) is 12.1 Å². The molecule has 0 amide bonds. The molecule has 0 spiro atoms. The molecule has 1 aliphatic rings. The Labute approximate surface area is 97.3 Å². The van der Waals surface area contributed by atoms with Gasteiger partial charge in [-0.25, -0.2) is 0 Å². The van der Waals surface area contributed by atoms with E-state index >= 15 is 0 Å². The van der Waals surface area contributed by atoms with Crippen LogP contribution in [0.1, 0.15) is 43.0 Å². The molecule has 0 atom stereocenters. The molecule has 1 N–H and O–H groups in total. The van der Waals surface area contributed by atoms with Gasteiger partial charge in [0, 0.05) is 5.54 Å². The fraction of sp³-hybridized carbons (Fsp3) is 0.500. The van der Waals surface area contributed by atoms with E-state index in [4.69, 9.17) is 0 Å². The third-order valence-electron chi connectivity index (χ3n) is 3.39. The van der Waals surface area contributed by atoms with Crippen molar-refractivity contribution in [3.63, 3.8) is 0 Å². The normalized spacial score (nSPS) is 17.6. The number of benzene rings is 1. The van der Waals surface area contributed by atoms with Crippen LogP contribution in [0.2, 0.25) is 0 Å². The van der Waals surface area contributed by atoms with Gasteiger partial charge in [0.1, 0.15) is 0 Å². The van der Waals surface area contributed by atoms with Crippen LogP contribution in [0.5, 0.6) is 0 Å². The Morgan fingerprint density at radius 2 is 2.19 bits per heavy atom. The van der Waals surface area contributed by atoms with E-state index in [2.05, 4.69) is 38.2 Å². The average Bonchev–Trinajstić information content (AvgIpc) is 2.26. The molecule has 0 radical (unpaired) electrons. The molecule has 16 heavy (non-hydrogen) atoms. The molecule has 0 aromatic heterocycles. The number of hydrogen-bond donors (Lipinski definition) is 1. The summed E-state index contributed by atoms with van der Waals surface area (Å²) in [6, 6.07) is 6.64. The summed E-state index contributed by atoms with van der Waals surface area (Å²) in [7, 11) is 0. The Hall–Kier alpha value is -1.33. The summed E-state index contributed by atoms with van der Waals surface area (Å²) in [5, 5.41) is 12.7. The Morgan fingerprint density at radius 1 is 1.44 bits per heavy atom. The van der Waals surface area contributed by atoms with E-state index in [9.17, 15) is 5.26 Å². The van der Waals surface area contributed by atoms with Crippen molar-refractivity contribution in [3.05, 3.63) is 34.4 Å². The third kappa shape index (κ3) is 1.72. The van der Waals surface area contributed by atoms with Crippen LogP contribution in [-0.4, -0.2) is 6.54 Å². The van der Waals surface area contributed by atoms with Gasteiger partial charge in [-0.15, -0.1) is 0 Å². The first kappa shape index (κ1) is 11.2. The molecule has 2 nitrogen and oxygen atoms in total. The molecule has 0 bridgehead atoms. The maximum atomic E-state index is 9.27. The van der Waals surface area contributed by atoms with E-state index in [1.165, 1.54) is 16.7 Å². The third-order valence-corrected chi connectivity index (χ3v) is 3.39. The fourth-order valence-electron chi connectivity index (χ4n) is 2.59. The Balaban J connectivity index is 2.66. The first-order valence-electron chi connectivity index (χ1n) is 5.90. The van der Waals surface area contributed by atoms with E-state index in [0.29, 0.717) is 0 Å². The summed E-state index contributed by atoms with van der Waals surface area (Å²) in [5.74, 6) is 0. The standard InChI is InChI=1S/C14H18N2/c1-4-10-7-11-5-6-16-14(2,3)13(11)12(8-10)9-15/h7-8,16H,4-6H2,1-3H3. The van der Waals surface area contributed by atoms with Crippen LogP contribution in [0.25, 0.3) is 0 Å². The molecule has 0 fully saturated rings. The van der Waals surface area contributed by atoms with E-state index in [-0.39, 0.29) is 5.54 Å². The second kappa shape index (κ2) is 3.92. The lowest BCUT2D eigenvalue weighted by Crippen LogP contribution is -2.43. The zero-order valence-electron chi connectivity index (χ0n) is 10.2. The first-order chi connectivity index (χ1) is 7.58. The van der Waals surface area contributed by atoms with Crippen molar-refractivity contribution in [1.82, 2.24) is 5.32 Å². The van der Waals surface area contributed by atoms with Crippen LogP contribution in [0.4, 0.5) is 0 Å². The van der Waals surface area contributed by atoms with Gasteiger partial charge < -0.3 is 5.32 Å². The lowest BCUT2D eigenvalue weighted by atomic mass is 9.81. The fourth-order valence-corrected chi connectivity index (χ4v) is 2.59. The number of aryl methyl sites for hydroxylation is 1. The summed E-state index contributed by atoms with van der Waals surface area (Å²) in [5.41, 5.74) is 4.57. The monoisotopic (exact) mass is 214 g/mol. The Kier molecular flexibility index (Phi) is 2.73. The average molecular weight is 214 g/mol. The minimum atomic E-state index is -0.0785. The van der Waals surface area contributed by atoms with Crippen LogP contribution in [0, 0.1) is 11.3 Å². The second-order valence-electron chi connectivity index (χ2n) is 4.94. The highest BCUT2D eigenvalue weighted by Crippen LogP contribution is 2.32. The van der Waals surface area contributed by atoms with Gasteiger partial charge in [0.05, 0.1) is 11.6 Å². The molecule has 2 heteroatoms. The summed E-state index contributed by atoms with van der Waals surface area (Å²) in [6.07, 6.45) is 2.02. The van der Waals surface area contributed by atoms with Gasteiger partial charge in [0.2, 0.25) is 0 Å². The Bertz CT molecular complexity index is 453. The van der Waals surface area contributed by atoms with Gasteiger partial charge in [-0.2, -0.15) is 5.26 Å². The van der Waals surface area contributed by atoms with E-state index < -0.39 is 0 Å². The molecule has 0 unspecified atom stereocenters. The molecular formula is C14H18N2. The van der Waals surface area contributed by atoms with Gasteiger partial charge in [-0.3, -0.25) is 0 Å². The number of nitrogens with one attached hydrogen (secondary N) is 1. The number of nitrogens with zero attached hydrogens (tertiary/aromatic N) is 1. The maximum Gasteiger partial charge on any atom is 0.0995 e. The number of fused-ring (bicyclic) bond motifs is 1. The van der Waals surface area contributed by atoms with E-state index in [0.717, 1.165) is 24.9 Å².